The van der Waals surface area contributed by atoms with E-state index in [1.54, 1.807) is 20.4 Å². The van der Waals surface area contributed by atoms with Crippen LogP contribution in [0.5, 0.6) is 11.5 Å². The standard InChI is InChI=1S/C28H28N4O3/c1-34-21-13-11-20(12-14-21)31-15-17-32(18-16-31)28(33)24-19-29-27(23-8-4-3-7-22(23)24)30-25-9-5-6-10-26(25)35-2/h3-14,19H,15-18H2,1-2H3,(H,29,30). The molecule has 0 spiro atoms. The van der Waals surface area contributed by atoms with Crippen LogP contribution in [0.3, 0.4) is 0 Å². The van der Waals surface area contributed by atoms with Crippen molar-refractivity contribution in [1.82, 2.24) is 9.88 Å². The molecule has 178 valence electrons. The number of nitrogens with one attached hydrogen (secondary N) is 1. The van der Waals surface area contributed by atoms with E-state index < -0.39 is 0 Å². The lowest BCUT2D eigenvalue weighted by atomic mass is 10.1. The summed E-state index contributed by atoms with van der Waals surface area (Å²) in [5, 5.41) is 5.13. The highest BCUT2D eigenvalue weighted by molar-refractivity contribution is 6.09. The molecule has 1 amide bonds. The monoisotopic (exact) mass is 468 g/mol. The van der Waals surface area contributed by atoms with Crippen LogP contribution in [0, 0.1) is 0 Å². The summed E-state index contributed by atoms with van der Waals surface area (Å²) in [4.78, 5) is 22.4. The Morgan fingerprint density at radius 2 is 1.51 bits per heavy atom. The summed E-state index contributed by atoms with van der Waals surface area (Å²) in [7, 11) is 3.31. The van der Waals surface area contributed by atoms with Crippen molar-refractivity contribution in [1.29, 1.82) is 0 Å². The number of hydrogen-bond donors (Lipinski definition) is 1. The molecule has 7 nitrogen and oxygen atoms in total. The van der Waals surface area contributed by atoms with Crippen LogP contribution in [-0.2, 0) is 0 Å². The number of ether oxygens (including phenoxy) is 2. The van der Waals surface area contributed by atoms with Gasteiger partial charge in [0.05, 0.1) is 25.5 Å². The summed E-state index contributed by atoms with van der Waals surface area (Å²) in [5.41, 5.74) is 2.57. The van der Waals surface area contributed by atoms with Crippen LogP contribution in [-0.4, -0.2) is 56.2 Å². The van der Waals surface area contributed by atoms with Gasteiger partial charge >= 0.3 is 0 Å². The Morgan fingerprint density at radius 1 is 0.829 bits per heavy atom. The quantitative estimate of drug-likeness (QED) is 0.432. The number of fused-ring (bicyclic) bond motifs is 1. The van der Waals surface area contributed by atoms with Gasteiger partial charge < -0.3 is 24.6 Å². The average Bonchev–Trinajstić information content (AvgIpc) is 2.93. The molecule has 35 heavy (non-hydrogen) atoms. The molecule has 4 aromatic rings. The summed E-state index contributed by atoms with van der Waals surface area (Å²) < 4.78 is 10.7. The van der Waals surface area contributed by atoms with Gasteiger partial charge in [0, 0.05) is 43.4 Å². The maximum atomic E-state index is 13.5. The molecule has 0 saturated carbocycles. The lowest BCUT2D eigenvalue weighted by molar-refractivity contribution is 0.0748. The molecule has 1 N–H and O–H groups in total. The highest BCUT2D eigenvalue weighted by Crippen LogP contribution is 2.31. The molecule has 3 aromatic carbocycles. The third-order valence-electron chi connectivity index (χ3n) is 6.39. The number of hydrogen-bond acceptors (Lipinski definition) is 6. The minimum Gasteiger partial charge on any atom is -0.497 e. The SMILES string of the molecule is COc1ccc(N2CCN(C(=O)c3cnc(Nc4ccccc4OC)c4ccccc34)CC2)cc1. The van der Waals surface area contributed by atoms with Gasteiger partial charge in [0.1, 0.15) is 17.3 Å². The largest absolute Gasteiger partial charge is 0.497 e. The van der Waals surface area contributed by atoms with Crippen molar-refractivity contribution in [3.05, 3.63) is 84.6 Å². The molecular weight excluding hydrogens is 440 g/mol. The Hall–Kier alpha value is -4.26. The Morgan fingerprint density at radius 3 is 2.23 bits per heavy atom. The van der Waals surface area contributed by atoms with Crippen molar-refractivity contribution >= 4 is 33.9 Å². The van der Waals surface area contributed by atoms with Crippen LogP contribution in [0.4, 0.5) is 17.2 Å². The smallest absolute Gasteiger partial charge is 0.256 e. The third-order valence-corrected chi connectivity index (χ3v) is 6.39. The normalized spacial score (nSPS) is 13.5. The third kappa shape index (κ3) is 4.57. The maximum absolute atomic E-state index is 13.5. The summed E-state index contributed by atoms with van der Waals surface area (Å²) in [6.45, 7) is 2.86. The lowest BCUT2D eigenvalue weighted by Crippen LogP contribution is -2.48. The number of para-hydroxylation sites is 2. The molecule has 0 bridgehead atoms. The highest BCUT2D eigenvalue weighted by atomic mass is 16.5. The molecular formula is C28H28N4O3. The number of benzene rings is 3. The number of piperazine rings is 1. The molecule has 1 aromatic heterocycles. The Balaban J connectivity index is 1.35. The number of methoxy groups -OCH3 is 2. The fourth-order valence-corrected chi connectivity index (χ4v) is 4.47. The Kier molecular flexibility index (Phi) is 6.39. The van der Waals surface area contributed by atoms with Gasteiger partial charge in [-0.3, -0.25) is 4.79 Å². The van der Waals surface area contributed by atoms with E-state index in [2.05, 4.69) is 27.3 Å². The molecule has 2 heterocycles. The Labute approximate surface area is 204 Å². The van der Waals surface area contributed by atoms with E-state index in [0.29, 0.717) is 24.5 Å². The zero-order chi connectivity index (χ0) is 24.2. The molecule has 0 unspecified atom stereocenters. The minimum absolute atomic E-state index is 0.00641. The van der Waals surface area contributed by atoms with Crippen molar-refractivity contribution in [2.24, 2.45) is 0 Å². The van der Waals surface area contributed by atoms with Crippen LogP contribution >= 0.6 is 0 Å². The number of aromatic nitrogens is 1. The van der Waals surface area contributed by atoms with E-state index in [-0.39, 0.29) is 5.91 Å². The van der Waals surface area contributed by atoms with E-state index >= 15 is 0 Å². The second-order valence-electron chi connectivity index (χ2n) is 8.37. The van der Waals surface area contributed by atoms with Gasteiger partial charge in [0.15, 0.2) is 0 Å². The summed E-state index contributed by atoms with van der Waals surface area (Å²) >= 11 is 0. The fraction of sp³-hybridized carbons (Fsp3) is 0.214. The van der Waals surface area contributed by atoms with Gasteiger partial charge in [-0.2, -0.15) is 0 Å². The summed E-state index contributed by atoms with van der Waals surface area (Å²) in [5.74, 6) is 2.26. The maximum Gasteiger partial charge on any atom is 0.256 e. The molecule has 1 aliphatic rings. The molecule has 0 aliphatic carbocycles. The van der Waals surface area contributed by atoms with Gasteiger partial charge in [0.2, 0.25) is 0 Å². The number of carbonyl (C=O) groups is 1. The second-order valence-corrected chi connectivity index (χ2v) is 8.37. The van der Waals surface area contributed by atoms with Crippen LogP contribution in [0.2, 0.25) is 0 Å². The zero-order valence-corrected chi connectivity index (χ0v) is 19.9. The van der Waals surface area contributed by atoms with Crippen LogP contribution in [0.25, 0.3) is 10.8 Å². The number of nitrogens with zero attached hydrogens (tertiary/aromatic N) is 3. The van der Waals surface area contributed by atoms with Crippen LogP contribution < -0.4 is 19.7 Å². The van der Waals surface area contributed by atoms with Crippen molar-refractivity contribution in [2.45, 2.75) is 0 Å². The van der Waals surface area contributed by atoms with E-state index in [9.17, 15) is 4.79 Å². The number of carbonyl (C=O) groups excluding carboxylic acids is 1. The van der Waals surface area contributed by atoms with E-state index in [1.165, 1.54) is 0 Å². The van der Waals surface area contributed by atoms with Gasteiger partial charge in [-0.05, 0) is 41.8 Å². The molecule has 5 rings (SSSR count). The van der Waals surface area contributed by atoms with Crippen LogP contribution in [0.15, 0.2) is 79.0 Å². The molecule has 1 aliphatic heterocycles. The first-order chi connectivity index (χ1) is 17.2. The van der Waals surface area contributed by atoms with Crippen molar-refractivity contribution in [3.8, 4) is 11.5 Å². The van der Waals surface area contributed by atoms with E-state index in [1.807, 2.05) is 65.6 Å². The van der Waals surface area contributed by atoms with E-state index in [4.69, 9.17) is 9.47 Å². The number of anilines is 3. The van der Waals surface area contributed by atoms with Crippen molar-refractivity contribution < 1.29 is 14.3 Å². The molecule has 0 atom stereocenters. The number of rotatable bonds is 6. The molecule has 1 saturated heterocycles. The van der Waals surface area contributed by atoms with Gasteiger partial charge in [-0.1, -0.05) is 36.4 Å². The summed E-state index contributed by atoms with van der Waals surface area (Å²) in [6.07, 6.45) is 1.68. The minimum atomic E-state index is 0.00641. The number of amides is 1. The predicted molar refractivity (Wildman–Crippen MR) is 139 cm³/mol. The first-order valence-electron chi connectivity index (χ1n) is 11.6. The zero-order valence-electron chi connectivity index (χ0n) is 19.9. The molecule has 1 fully saturated rings. The molecule has 7 heteroatoms. The van der Waals surface area contributed by atoms with Crippen molar-refractivity contribution in [3.63, 3.8) is 0 Å². The fourth-order valence-electron chi connectivity index (χ4n) is 4.47. The van der Waals surface area contributed by atoms with Gasteiger partial charge in [-0.15, -0.1) is 0 Å². The topological polar surface area (TPSA) is 66.9 Å². The average molecular weight is 469 g/mol. The van der Waals surface area contributed by atoms with Gasteiger partial charge in [0.25, 0.3) is 5.91 Å². The lowest BCUT2D eigenvalue weighted by Gasteiger charge is -2.36. The number of pyridine rings is 1. The second kappa shape index (κ2) is 9.93. The molecule has 0 radical (unpaired) electrons. The predicted octanol–water partition coefficient (Wildman–Crippen LogP) is 4.96. The van der Waals surface area contributed by atoms with Gasteiger partial charge in [-0.25, -0.2) is 4.98 Å². The van der Waals surface area contributed by atoms with E-state index in [0.717, 1.165) is 46.7 Å². The highest BCUT2D eigenvalue weighted by Gasteiger charge is 2.24. The first kappa shape index (κ1) is 22.5. The first-order valence-corrected chi connectivity index (χ1v) is 11.6. The van der Waals surface area contributed by atoms with Crippen molar-refractivity contribution in [2.75, 3.05) is 50.6 Å². The Bertz CT molecular complexity index is 1330. The summed E-state index contributed by atoms with van der Waals surface area (Å²) in [6, 6.07) is 23.6. The van der Waals surface area contributed by atoms with Crippen LogP contribution in [0.1, 0.15) is 10.4 Å².